The van der Waals surface area contributed by atoms with E-state index in [2.05, 4.69) is 0 Å². The summed E-state index contributed by atoms with van der Waals surface area (Å²) < 4.78 is 23.6. The molecule has 5 heteroatoms. The molecule has 0 aromatic heterocycles. The fraction of sp³-hybridized carbons (Fsp3) is 0.647. The standard InChI is InChI=1S/C17H24O5/c1-16(2,18)14-12-13(22-17(3,4)21-12)15(20-14)19-10-11-8-6-5-7-9-11/h5-9,12-15,18H,10H2,1-4H3/t12-,13+,14+,15+/m0/s1. The maximum absolute atomic E-state index is 10.3. The first-order valence-electron chi connectivity index (χ1n) is 7.65. The average Bonchev–Trinajstić information content (AvgIpc) is 2.90. The van der Waals surface area contributed by atoms with Crippen LogP contribution in [0, 0.1) is 0 Å². The van der Waals surface area contributed by atoms with Gasteiger partial charge in [-0.05, 0) is 33.3 Å². The van der Waals surface area contributed by atoms with Crippen molar-refractivity contribution >= 4 is 0 Å². The minimum absolute atomic E-state index is 0.337. The van der Waals surface area contributed by atoms with Crippen LogP contribution in [0.5, 0.6) is 0 Å². The third kappa shape index (κ3) is 3.19. The summed E-state index contributed by atoms with van der Waals surface area (Å²) in [5, 5.41) is 10.3. The minimum Gasteiger partial charge on any atom is -0.388 e. The van der Waals surface area contributed by atoms with Crippen LogP contribution in [0.2, 0.25) is 0 Å². The molecular weight excluding hydrogens is 284 g/mol. The maximum atomic E-state index is 10.3. The van der Waals surface area contributed by atoms with Gasteiger partial charge in [0.2, 0.25) is 0 Å². The number of ether oxygens (including phenoxy) is 4. The SMILES string of the molecule is CC1(C)O[C@H]2[C@H](OCc3ccccc3)O[C@@H](C(C)(C)O)[C@H]2O1. The third-order valence-electron chi connectivity index (χ3n) is 3.96. The summed E-state index contributed by atoms with van der Waals surface area (Å²) in [5.74, 6) is -0.697. The fourth-order valence-corrected chi connectivity index (χ4v) is 3.02. The number of hydrogen-bond donors (Lipinski definition) is 1. The van der Waals surface area contributed by atoms with Crippen LogP contribution in [-0.4, -0.2) is 41.1 Å². The number of aliphatic hydroxyl groups is 1. The van der Waals surface area contributed by atoms with Gasteiger partial charge in [0, 0.05) is 0 Å². The molecule has 2 fully saturated rings. The lowest BCUT2D eigenvalue weighted by Gasteiger charge is -2.30. The molecular formula is C17H24O5. The van der Waals surface area contributed by atoms with Gasteiger partial charge in [-0.1, -0.05) is 30.3 Å². The van der Waals surface area contributed by atoms with Gasteiger partial charge in [0.15, 0.2) is 12.1 Å². The van der Waals surface area contributed by atoms with Gasteiger partial charge in [0.1, 0.15) is 18.3 Å². The van der Waals surface area contributed by atoms with Gasteiger partial charge >= 0.3 is 0 Å². The quantitative estimate of drug-likeness (QED) is 0.924. The maximum Gasteiger partial charge on any atom is 0.187 e. The van der Waals surface area contributed by atoms with E-state index < -0.39 is 23.8 Å². The predicted molar refractivity (Wildman–Crippen MR) is 80.0 cm³/mol. The first kappa shape index (κ1) is 15.9. The van der Waals surface area contributed by atoms with Gasteiger partial charge in [0.05, 0.1) is 12.2 Å². The van der Waals surface area contributed by atoms with Crippen LogP contribution in [0.15, 0.2) is 30.3 Å². The summed E-state index contributed by atoms with van der Waals surface area (Å²) >= 11 is 0. The Labute approximate surface area is 131 Å². The highest BCUT2D eigenvalue weighted by Crippen LogP contribution is 2.42. The molecule has 122 valence electrons. The number of rotatable bonds is 4. The molecule has 3 rings (SSSR count). The number of hydrogen-bond acceptors (Lipinski definition) is 5. The number of benzene rings is 1. The topological polar surface area (TPSA) is 57.2 Å². The Bertz CT molecular complexity index is 508. The second-order valence-corrected chi connectivity index (χ2v) is 6.94. The van der Waals surface area contributed by atoms with Crippen molar-refractivity contribution in [1.82, 2.24) is 0 Å². The molecule has 0 amide bonds. The lowest BCUT2D eigenvalue weighted by Crippen LogP contribution is -2.45. The molecule has 22 heavy (non-hydrogen) atoms. The normalized spacial score (nSPS) is 33.9. The molecule has 0 aliphatic carbocycles. The molecule has 2 aliphatic heterocycles. The first-order valence-corrected chi connectivity index (χ1v) is 7.65. The van der Waals surface area contributed by atoms with Crippen LogP contribution >= 0.6 is 0 Å². The van der Waals surface area contributed by atoms with E-state index in [4.69, 9.17) is 18.9 Å². The lowest BCUT2D eigenvalue weighted by atomic mass is 9.96. The molecule has 1 aromatic carbocycles. The minimum atomic E-state index is -1.03. The van der Waals surface area contributed by atoms with E-state index in [1.807, 2.05) is 44.2 Å². The van der Waals surface area contributed by atoms with E-state index in [-0.39, 0.29) is 12.2 Å². The van der Waals surface area contributed by atoms with Gasteiger partial charge in [0.25, 0.3) is 0 Å². The molecule has 5 nitrogen and oxygen atoms in total. The smallest absolute Gasteiger partial charge is 0.187 e. The Morgan fingerprint density at radius 1 is 1.14 bits per heavy atom. The van der Waals surface area contributed by atoms with E-state index in [0.717, 1.165) is 5.56 Å². The molecule has 1 aromatic rings. The Kier molecular flexibility index (Phi) is 4.03. The second-order valence-electron chi connectivity index (χ2n) is 6.94. The van der Waals surface area contributed by atoms with E-state index in [1.165, 1.54) is 0 Å². The Hall–Kier alpha value is -0.980. The molecule has 0 radical (unpaired) electrons. The van der Waals surface area contributed by atoms with Crippen LogP contribution in [0.3, 0.4) is 0 Å². The molecule has 1 N–H and O–H groups in total. The summed E-state index contributed by atoms with van der Waals surface area (Å²) in [5.41, 5.74) is 0.0323. The Morgan fingerprint density at radius 2 is 1.77 bits per heavy atom. The zero-order chi connectivity index (χ0) is 16.0. The largest absolute Gasteiger partial charge is 0.388 e. The summed E-state index contributed by atoms with van der Waals surface area (Å²) in [6.45, 7) is 7.57. The van der Waals surface area contributed by atoms with Crippen molar-refractivity contribution in [3.63, 3.8) is 0 Å². The first-order chi connectivity index (χ1) is 10.3. The summed E-state index contributed by atoms with van der Waals surface area (Å²) in [6.07, 6.45) is -1.71. The van der Waals surface area contributed by atoms with Gasteiger partial charge in [-0.3, -0.25) is 0 Å². The second kappa shape index (κ2) is 5.58. The van der Waals surface area contributed by atoms with E-state index in [9.17, 15) is 5.11 Å². The Balaban J connectivity index is 1.72. The molecule has 0 unspecified atom stereocenters. The van der Waals surface area contributed by atoms with Crippen LogP contribution in [0.1, 0.15) is 33.3 Å². The van der Waals surface area contributed by atoms with Crippen LogP contribution < -0.4 is 0 Å². The van der Waals surface area contributed by atoms with Crippen molar-refractivity contribution in [2.24, 2.45) is 0 Å². The zero-order valence-electron chi connectivity index (χ0n) is 13.5. The molecule has 2 saturated heterocycles. The van der Waals surface area contributed by atoms with E-state index >= 15 is 0 Å². The monoisotopic (exact) mass is 308 g/mol. The van der Waals surface area contributed by atoms with Crippen LogP contribution in [0.25, 0.3) is 0 Å². The summed E-state index contributed by atoms with van der Waals surface area (Å²) in [7, 11) is 0. The van der Waals surface area contributed by atoms with Gasteiger partial charge in [-0.15, -0.1) is 0 Å². The lowest BCUT2D eigenvalue weighted by molar-refractivity contribution is -0.254. The highest BCUT2D eigenvalue weighted by atomic mass is 16.8. The van der Waals surface area contributed by atoms with E-state index in [0.29, 0.717) is 6.61 Å². The molecule has 0 spiro atoms. The van der Waals surface area contributed by atoms with Crippen LogP contribution in [-0.2, 0) is 25.6 Å². The number of fused-ring (bicyclic) bond motifs is 1. The summed E-state index contributed by atoms with van der Waals surface area (Å²) in [4.78, 5) is 0. The molecule has 0 saturated carbocycles. The molecule has 4 atom stereocenters. The van der Waals surface area contributed by atoms with Crippen molar-refractivity contribution < 1.29 is 24.1 Å². The molecule has 0 bridgehead atoms. The van der Waals surface area contributed by atoms with Crippen molar-refractivity contribution in [3.05, 3.63) is 35.9 Å². The van der Waals surface area contributed by atoms with Gasteiger partial charge in [-0.2, -0.15) is 0 Å². The van der Waals surface area contributed by atoms with Crippen molar-refractivity contribution in [1.29, 1.82) is 0 Å². The summed E-state index contributed by atoms with van der Waals surface area (Å²) in [6, 6.07) is 9.89. The van der Waals surface area contributed by atoms with E-state index in [1.54, 1.807) is 13.8 Å². The zero-order valence-corrected chi connectivity index (χ0v) is 13.5. The Morgan fingerprint density at radius 3 is 2.41 bits per heavy atom. The van der Waals surface area contributed by atoms with Gasteiger partial charge in [-0.25, -0.2) is 0 Å². The van der Waals surface area contributed by atoms with Crippen molar-refractivity contribution in [2.45, 2.75) is 70.3 Å². The average molecular weight is 308 g/mol. The van der Waals surface area contributed by atoms with Crippen molar-refractivity contribution in [2.75, 3.05) is 0 Å². The fourth-order valence-electron chi connectivity index (χ4n) is 3.02. The third-order valence-corrected chi connectivity index (χ3v) is 3.96. The van der Waals surface area contributed by atoms with Crippen molar-refractivity contribution in [3.8, 4) is 0 Å². The predicted octanol–water partition coefficient (Wildman–Crippen LogP) is 2.22. The highest BCUT2D eigenvalue weighted by molar-refractivity contribution is 5.13. The molecule has 2 aliphatic rings. The highest BCUT2D eigenvalue weighted by Gasteiger charge is 2.59. The van der Waals surface area contributed by atoms with Gasteiger partial charge < -0.3 is 24.1 Å². The molecule has 2 heterocycles. The van der Waals surface area contributed by atoms with Crippen LogP contribution in [0.4, 0.5) is 0 Å².